The number of ether oxygens (including phenoxy) is 1. The van der Waals surface area contributed by atoms with Crippen molar-refractivity contribution < 1.29 is 19.4 Å². The maximum atomic E-state index is 13.2. The number of benzene rings is 2. The molecule has 1 aliphatic heterocycles. The third-order valence-corrected chi connectivity index (χ3v) is 5.85. The lowest BCUT2D eigenvalue weighted by Gasteiger charge is -2.26. The van der Waals surface area contributed by atoms with Crippen molar-refractivity contribution in [2.24, 2.45) is 0 Å². The molecular formula is C25H27N3O4. The average Bonchev–Trinajstić information content (AvgIpc) is 3.30. The van der Waals surface area contributed by atoms with Crippen molar-refractivity contribution in [1.82, 2.24) is 14.8 Å². The number of carbonyl (C=O) groups is 2. The molecule has 1 aliphatic rings. The van der Waals surface area contributed by atoms with Gasteiger partial charge in [0.05, 0.1) is 24.3 Å². The molecule has 7 nitrogen and oxygen atoms in total. The lowest BCUT2D eigenvalue weighted by atomic mass is 9.94. The number of aromatic nitrogens is 1. The van der Waals surface area contributed by atoms with Crippen molar-refractivity contribution in [1.29, 1.82) is 0 Å². The highest BCUT2D eigenvalue weighted by molar-refractivity contribution is 6.46. The minimum atomic E-state index is -0.712. The number of H-pyrrole nitrogens is 1. The van der Waals surface area contributed by atoms with Crippen LogP contribution in [0, 0.1) is 6.92 Å². The summed E-state index contributed by atoms with van der Waals surface area (Å²) in [7, 11) is 5.33. The van der Waals surface area contributed by atoms with E-state index in [-0.39, 0.29) is 11.3 Å². The number of nitrogens with zero attached hydrogens (tertiary/aromatic N) is 2. The number of aliphatic hydroxyl groups is 1. The highest BCUT2D eigenvalue weighted by Gasteiger charge is 2.47. The molecule has 4 rings (SSSR count). The van der Waals surface area contributed by atoms with E-state index >= 15 is 0 Å². The number of aromatic amines is 1. The number of Topliss-reactive ketones (excluding diaryl/α,β-unsaturated/α-hetero) is 1. The molecule has 3 aromatic rings. The van der Waals surface area contributed by atoms with E-state index in [1.165, 1.54) is 7.11 Å². The molecule has 2 heterocycles. The second kappa shape index (κ2) is 8.51. The van der Waals surface area contributed by atoms with Crippen molar-refractivity contribution in [2.75, 3.05) is 34.3 Å². The van der Waals surface area contributed by atoms with E-state index in [1.807, 2.05) is 62.4 Å². The number of aryl methyl sites for hydroxylation is 1. The number of para-hydroxylation sites is 1. The molecule has 0 spiro atoms. The predicted octanol–water partition coefficient (Wildman–Crippen LogP) is 3.47. The maximum Gasteiger partial charge on any atom is 0.295 e. The molecule has 1 unspecified atom stereocenters. The van der Waals surface area contributed by atoms with E-state index in [2.05, 4.69) is 4.98 Å². The summed E-state index contributed by atoms with van der Waals surface area (Å²) >= 11 is 0. The summed E-state index contributed by atoms with van der Waals surface area (Å²) in [6.45, 7) is 2.83. The van der Waals surface area contributed by atoms with Gasteiger partial charge in [0.25, 0.3) is 11.7 Å². The Kier molecular flexibility index (Phi) is 5.76. The molecule has 2 aromatic carbocycles. The summed E-state index contributed by atoms with van der Waals surface area (Å²) in [5, 5.41) is 12.3. The van der Waals surface area contributed by atoms with Gasteiger partial charge in [-0.1, -0.05) is 29.8 Å². The fourth-order valence-corrected chi connectivity index (χ4v) is 4.21. The summed E-state index contributed by atoms with van der Waals surface area (Å²) < 4.78 is 5.43. The second-order valence-electron chi connectivity index (χ2n) is 8.29. The zero-order valence-corrected chi connectivity index (χ0v) is 18.7. The van der Waals surface area contributed by atoms with Gasteiger partial charge >= 0.3 is 0 Å². The number of likely N-dealkylation sites (N-methyl/N-ethyl adjacent to an activating group) is 1. The van der Waals surface area contributed by atoms with Crippen LogP contribution in [-0.4, -0.2) is 65.9 Å². The molecule has 0 radical (unpaired) electrons. The van der Waals surface area contributed by atoms with Gasteiger partial charge in [0, 0.05) is 35.8 Å². The number of ketones is 1. The fraction of sp³-hybridized carbons (Fsp3) is 0.280. The monoisotopic (exact) mass is 433 g/mol. The number of hydrogen-bond acceptors (Lipinski definition) is 5. The van der Waals surface area contributed by atoms with Gasteiger partial charge in [0.1, 0.15) is 11.5 Å². The molecule has 166 valence electrons. The summed E-state index contributed by atoms with van der Waals surface area (Å²) in [5.74, 6) is -1.10. The van der Waals surface area contributed by atoms with E-state index in [4.69, 9.17) is 4.74 Å². The highest BCUT2D eigenvalue weighted by atomic mass is 16.5. The van der Waals surface area contributed by atoms with Crippen molar-refractivity contribution in [3.63, 3.8) is 0 Å². The van der Waals surface area contributed by atoms with Crippen LogP contribution < -0.4 is 4.74 Å². The van der Waals surface area contributed by atoms with Gasteiger partial charge in [-0.15, -0.1) is 0 Å². The normalized spacial score (nSPS) is 18.2. The van der Waals surface area contributed by atoms with Crippen molar-refractivity contribution in [3.8, 4) is 5.75 Å². The third kappa shape index (κ3) is 3.65. The summed E-state index contributed by atoms with van der Waals surface area (Å²) in [6, 6.07) is 12.4. The number of rotatable bonds is 6. The Labute approximate surface area is 186 Å². The zero-order chi connectivity index (χ0) is 23.0. The highest BCUT2D eigenvalue weighted by Crippen LogP contribution is 2.43. The minimum Gasteiger partial charge on any atom is -0.507 e. The first kappa shape index (κ1) is 21.6. The Hall–Kier alpha value is -3.58. The smallest absolute Gasteiger partial charge is 0.295 e. The van der Waals surface area contributed by atoms with Gasteiger partial charge in [0.2, 0.25) is 0 Å². The standard InChI is InChI=1S/C25H27N3O4/c1-15-9-10-20(32-4)17(13-15)23(29)21-22(18-14-26-19-8-6-5-7-16(18)19)28(12-11-27(2)3)25(31)24(21)30/h5-10,13-14,22,26,29H,11-12H2,1-4H3/b23-21+. The van der Waals surface area contributed by atoms with E-state index in [9.17, 15) is 14.7 Å². The number of amides is 1. The van der Waals surface area contributed by atoms with Gasteiger partial charge in [-0.2, -0.15) is 0 Å². The van der Waals surface area contributed by atoms with Crippen molar-refractivity contribution >= 4 is 28.4 Å². The Balaban J connectivity index is 1.95. The number of fused-ring (bicyclic) bond motifs is 1. The van der Waals surface area contributed by atoms with Crippen LogP contribution in [0.25, 0.3) is 16.7 Å². The van der Waals surface area contributed by atoms with Gasteiger partial charge in [0.15, 0.2) is 0 Å². The minimum absolute atomic E-state index is 0.0717. The largest absolute Gasteiger partial charge is 0.507 e. The second-order valence-corrected chi connectivity index (χ2v) is 8.29. The predicted molar refractivity (Wildman–Crippen MR) is 124 cm³/mol. The van der Waals surface area contributed by atoms with Crippen LogP contribution in [0.2, 0.25) is 0 Å². The molecule has 32 heavy (non-hydrogen) atoms. The van der Waals surface area contributed by atoms with Gasteiger partial charge in [-0.3, -0.25) is 9.59 Å². The van der Waals surface area contributed by atoms with Gasteiger partial charge in [-0.25, -0.2) is 0 Å². The summed E-state index contributed by atoms with van der Waals surface area (Å²) in [6.07, 6.45) is 1.81. The van der Waals surface area contributed by atoms with Crippen molar-refractivity contribution in [2.45, 2.75) is 13.0 Å². The Bertz CT molecular complexity index is 1220. The first-order valence-corrected chi connectivity index (χ1v) is 10.5. The van der Waals surface area contributed by atoms with E-state index < -0.39 is 17.7 Å². The van der Waals surface area contributed by atoms with Crippen LogP contribution in [0.4, 0.5) is 0 Å². The lowest BCUT2D eigenvalue weighted by molar-refractivity contribution is -0.140. The van der Waals surface area contributed by atoms with Crippen LogP contribution in [0.5, 0.6) is 5.75 Å². The van der Waals surface area contributed by atoms with Crippen LogP contribution in [0.3, 0.4) is 0 Å². The number of likely N-dealkylation sites (tertiary alicyclic amines) is 1. The van der Waals surface area contributed by atoms with Crippen LogP contribution in [0.1, 0.15) is 22.7 Å². The molecule has 1 fully saturated rings. The van der Waals surface area contributed by atoms with E-state index in [1.54, 1.807) is 17.0 Å². The van der Waals surface area contributed by atoms with Gasteiger partial charge < -0.3 is 24.6 Å². The number of methoxy groups -OCH3 is 1. The third-order valence-electron chi connectivity index (χ3n) is 5.85. The molecule has 0 bridgehead atoms. The van der Waals surface area contributed by atoms with Crippen LogP contribution in [0.15, 0.2) is 54.2 Å². The first-order valence-electron chi connectivity index (χ1n) is 10.5. The molecule has 0 aliphatic carbocycles. The van der Waals surface area contributed by atoms with Crippen LogP contribution in [-0.2, 0) is 9.59 Å². The first-order chi connectivity index (χ1) is 15.3. The Morgan fingerprint density at radius 1 is 1.19 bits per heavy atom. The van der Waals surface area contributed by atoms with Crippen LogP contribution >= 0.6 is 0 Å². The number of carbonyl (C=O) groups excluding carboxylic acids is 2. The van der Waals surface area contributed by atoms with E-state index in [0.29, 0.717) is 24.4 Å². The number of aliphatic hydroxyl groups excluding tert-OH is 1. The topological polar surface area (TPSA) is 85.9 Å². The average molecular weight is 434 g/mol. The SMILES string of the molecule is COc1ccc(C)cc1/C(O)=C1\C(=O)C(=O)N(CCN(C)C)C1c1c[nH]c2ccccc12. The Morgan fingerprint density at radius 3 is 2.66 bits per heavy atom. The summed E-state index contributed by atoms with van der Waals surface area (Å²) in [4.78, 5) is 33.0. The Morgan fingerprint density at radius 2 is 1.94 bits per heavy atom. The molecule has 1 aromatic heterocycles. The fourth-order valence-electron chi connectivity index (χ4n) is 4.21. The van der Waals surface area contributed by atoms with Gasteiger partial charge in [-0.05, 0) is 39.2 Å². The molecule has 1 saturated heterocycles. The number of hydrogen-bond donors (Lipinski definition) is 2. The molecule has 1 atom stereocenters. The molecule has 1 amide bonds. The number of nitrogens with one attached hydrogen (secondary N) is 1. The summed E-state index contributed by atoms with van der Waals surface area (Å²) in [5.41, 5.74) is 3.03. The lowest BCUT2D eigenvalue weighted by Crippen LogP contribution is -2.35. The molecule has 7 heteroatoms. The maximum absolute atomic E-state index is 13.2. The molecular weight excluding hydrogens is 406 g/mol. The quantitative estimate of drug-likeness (QED) is 0.353. The molecule has 2 N–H and O–H groups in total. The molecule has 0 saturated carbocycles. The van der Waals surface area contributed by atoms with E-state index in [0.717, 1.165) is 22.0 Å². The van der Waals surface area contributed by atoms with Crippen molar-refractivity contribution in [3.05, 3.63) is 70.9 Å². The zero-order valence-electron chi connectivity index (χ0n) is 18.7.